The third kappa shape index (κ3) is 3.25. The lowest BCUT2D eigenvalue weighted by atomic mass is 10.2. The van der Waals surface area contributed by atoms with Crippen molar-refractivity contribution in [2.75, 3.05) is 39.3 Å². The molecule has 3 heteroatoms. The van der Waals surface area contributed by atoms with Gasteiger partial charge < -0.3 is 10.6 Å². The minimum Gasteiger partial charge on any atom is -0.329 e. The molecule has 0 aromatic carbocycles. The normalized spacial score (nSPS) is 24.2. The summed E-state index contributed by atoms with van der Waals surface area (Å²) >= 11 is 0. The van der Waals surface area contributed by atoms with Crippen LogP contribution < -0.4 is 5.73 Å². The number of rotatable bonds is 3. The molecule has 2 N–H and O–H groups in total. The summed E-state index contributed by atoms with van der Waals surface area (Å²) in [4.78, 5) is 5.03. The molecular formula is C10H23N3. The largest absolute Gasteiger partial charge is 0.329 e. The summed E-state index contributed by atoms with van der Waals surface area (Å²) in [5.41, 5.74) is 5.67. The Morgan fingerprint density at radius 2 is 2.00 bits per heavy atom. The fourth-order valence-electron chi connectivity index (χ4n) is 1.90. The van der Waals surface area contributed by atoms with Gasteiger partial charge in [-0.05, 0) is 33.0 Å². The molecule has 0 aromatic heterocycles. The standard InChI is InChI=1S/C10H23N3/c1-3-12-5-4-6-13(8-7-12)10(2)9-11/h10H,3-9,11H2,1-2H3. The van der Waals surface area contributed by atoms with Gasteiger partial charge in [-0.3, -0.25) is 4.90 Å². The molecule has 3 nitrogen and oxygen atoms in total. The first-order valence-corrected chi connectivity index (χ1v) is 5.44. The molecule has 78 valence electrons. The molecule has 1 atom stereocenters. The maximum Gasteiger partial charge on any atom is 0.0190 e. The first kappa shape index (κ1) is 11.0. The van der Waals surface area contributed by atoms with E-state index in [1.807, 2.05) is 0 Å². The highest BCUT2D eigenvalue weighted by atomic mass is 15.2. The lowest BCUT2D eigenvalue weighted by molar-refractivity contribution is 0.215. The molecule has 1 fully saturated rings. The first-order valence-electron chi connectivity index (χ1n) is 5.44. The van der Waals surface area contributed by atoms with E-state index in [2.05, 4.69) is 23.6 Å². The molecular weight excluding hydrogens is 162 g/mol. The van der Waals surface area contributed by atoms with Gasteiger partial charge in [0.05, 0.1) is 0 Å². The predicted molar refractivity (Wildman–Crippen MR) is 56.8 cm³/mol. The van der Waals surface area contributed by atoms with E-state index in [4.69, 9.17) is 5.73 Å². The van der Waals surface area contributed by atoms with E-state index in [0.29, 0.717) is 6.04 Å². The van der Waals surface area contributed by atoms with E-state index in [-0.39, 0.29) is 0 Å². The molecule has 0 bridgehead atoms. The van der Waals surface area contributed by atoms with Crippen molar-refractivity contribution >= 4 is 0 Å². The van der Waals surface area contributed by atoms with Gasteiger partial charge in [-0.15, -0.1) is 0 Å². The van der Waals surface area contributed by atoms with Gasteiger partial charge in [0.1, 0.15) is 0 Å². The van der Waals surface area contributed by atoms with Crippen LogP contribution in [0.1, 0.15) is 20.3 Å². The minimum absolute atomic E-state index is 0.553. The van der Waals surface area contributed by atoms with Gasteiger partial charge in [-0.25, -0.2) is 0 Å². The average Bonchev–Trinajstić information content (AvgIpc) is 2.41. The zero-order chi connectivity index (χ0) is 9.68. The van der Waals surface area contributed by atoms with Gasteiger partial charge >= 0.3 is 0 Å². The Hall–Kier alpha value is -0.120. The van der Waals surface area contributed by atoms with Crippen LogP contribution in [0.4, 0.5) is 0 Å². The van der Waals surface area contributed by atoms with Crippen LogP contribution in [0.15, 0.2) is 0 Å². The summed E-state index contributed by atoms with van der Waals surface area (Å²) in [5.74, 6) is 0. The highest BCUT2D eigenvalue weighted by Gasteiger charge is 2.16. The van der Waals surface area contributed by atoms with Gasteiger partial charge in [0.15, 0.2) is 0 Å². The average molecular weight is 185 g/mol. The molecule has 0 amide bonds. The summed E-state index contributed by atoms with van der Waals surface area (Å²) in [6.07, 6.45) is 1.29. The number of nitrogens with zero attached hydrogens (tertiary/aromatic N) is 2. The molecule has 0 spiro atoms. The highest BCUT2D eigenvalue weighted by Crippen LogP contribution is 2.05. The number of hydrogen-bond acceptors (Lipinski definition) is 3. The van der Waals surface area contributed by atoms with Crippen LogP contribution in [-0.4, -0.2) is 55.1 Å². The molecule has 1 heterocycles. The van der Waals surface area contributed by atoms with Crippen molar-refractivity contribution in [2.24, 2.45) is 5.73 Å². The van der Waals surface area contributed by atoms with Crippen molar-refractivity contribution in [3.8, 4) is 0 Å². The molecule has 1 saturated heterocycles. The maximum absolute atomic E-state index is 5.67. The monoisotopic (exact) mass is 185 g/mol. The van der Waals surface area contributed by atoms with Gasteiger partial charge in [0.25, 0.3) is 0 Å². The molecule has 0 radical (unpaired) electrons. The van der Waals surface area contributed by atoms with E-state index in [1.54, 1.807) is 0 Å². The Morgan fingerprint density at radius 3 is 2.62 bits per heavy atom. The summed E-state index contributed by atoms with van der Waals surface area (Å²) in [5, 5.41) is 0. The number of likely N-dealkylation sites (N-methyl/N-ethyl adjacent to an activating group) is 1. The third-order valence-electron chi connectivity index (χ3n) is 3.03. The van der Waals surface area contributed by atoms with Gasteiger partial charge in [-0.1, -0.05) is 6.92 Å². The zero-order valence-electron chi connectivity index (χ0n) is 9.00. The van der Waals surface area contributed by atoms with E-state index in [0.717, 1.165) is 6.54 Å². The SMILES string of the molecule is CCN1CCCN(C(C)CN)CC1. The van der Waals surface area contributed by atoms with Gasteiger partial charge in [0, 0.05) is 25.7 Å². The van der Waals surface area contributed by atoms with E-state index >= 15 is 0 Å². The Labute approximate surface area is 81.9 Å². The van der Waals surface area contributed by atoms with E-state index < -0.39 is 0 Å². The molecule has 1 aliphatic heterocycles. The second-order valence-corrected chi connectivity index (χ2v) is 3.91. The molecule has 1 unspecified atom stereocenters. The fraction of sp³-hybridized carbons (Fsp3) is 1.00. The fourth-order valence-corrected chi connectivity index (χ4v) is 1.90. The van der Waals surface area contributed by atoms with Crippen molar-refractivity contribution in [2.45, 2.75) is 26.3 Å². The molecule has 1 rings (SSSR count). The van der Waals surface area contributed by atoms with Crippen LogP contribution in [0.3, 0.4) is 0 Å². The van der Waals surface area contributed by atoms with Crippen molar-refractivity contribution in [3.05, 3.63) is 0 Å². The maximum atomic E-state index is 5.67. The van der Waals surface area contributed by atoms with Gasteiger partial charge in [0.2, 0.25) is 0 Å². The number of nitrogens with two attached hydrogens (primary N) is 1. The summed E-state index contributed by atoms with van der Waals surface area (Å²) < 4.78 is 0. The van der Waals surface area contributed by atoms with Crippen molar-refractivity contribution in [3.63, 3.8) is 0 Å². The third-order valence-corrected chi connectivity index (χ3v) is 3.03. The molecule has 13 heavy (non-hydrogen) atoms. The van der Waals surface area contributed by atoms with Crippen molar-refractivity contribution < 1.29 is 0 Å². The minimum atomic E-state index is 0.553. The summed E-state index contributed by atoms with van der Waals surface area (Å²) in [7, 11) is 0. The smallest absolute Gasteiger partial charge is 0.0190 e. The van der Waals surface area contributed by atoms with Crippen molar-refractivity contribution in [1.82, 2.24) is 9.80 Å². The Bertz CT molecular complexity index is 138. The highest BCUT2D eigenvalue weighted by molar-refractivity contribution is 4.73. The second-order valence-electron chi connectivity index (χ2n) is 3.91. The van der Waals surface area contributed by atoms with Crippen molar-refractivity contribution in [1.29, 1.82) is 0 Å². The number of hydrogen-bond donors (Lipinski definition) is 1. The quantitative estimate of drug-likeness (QED) is 0.689. The summed E-state index contributed by atoms with van der Waals surface area (Å²) in [6.45, 7) is 11.3. The van der Waals surface area contributed by atoms with E-state index in [1.165, 1.54) is 39.1 Å². The van der Waals surface area contributed by atoms with Crippen LogP contribution in [0.2, 0.25) is 0 Å². The van der Waals surface area contributed by atoms with Crippen LogP contribution in [-0.2, 0) is 0 Å². The van der Waals surface area contributed by atoms with Gasteiger partial charge in [-0.2, -0.15) is 0 Å². The second kappa shape index (κ2) is 5.58. The molecule has 0 saturated carbocycles. The lowest BCUT2D eigenvalue weighted by Gasteiger charge is -2.26. The molecule has 0 aromatic rings. The first-order chi connectivity index (χ1) is 6.27. The molecule has 1 aliphatic rings. The van der Waals surface area contributed by atoms with Crippen LogP contribution in [0.25, 0.3) is 0 Å². The Kier molecular flexibility index (Phi) is 4.70. The zero-order valence-corrected chi connectivity index (χ0v) is 9.00. The van der Waals surface area contributed by atoms with Crippen LogP contribution in [0.5, 0.6) is 0 Å². The Morgan fingerprint density at radius 1 is 1.23 bits per heavy atom. The Balaban J connectivity index is 2.35. The van der Waals surface area contributed by atoms with Crippen LogP contribution >= 0.6 is 0 Å². The summed E-state index contributed by atoms with van der Waals surface area (Å²) in [6, 6.07) is 0.553. The van der Waals surface area contributed by atoms with E-state index in [9.17, 15) is 0 Å². The lowest BCUT2D eigenvalue weighted by Crippen LogP contribution is -2.40. The van der Waals surface area contributed by atoms with Crippen LogP contribution in [0, 0.1) is 0 Å². The molecule has 0 aliphatic carbocycles. The topological polar surface area (TPSA) is 32.5 Å². The predicted octanol–water partition coefficient (Wildman–Crippen LogP) is 0.361.